The summed E-state index contributed by atoms with van der Waals surface area (Å²) in [6.07, 6.45) is 8.93. The van der Waals surface area contributed by atoms with Gasteiger partial charge < -0.3 is 10.1 Å². The fraction of sp³-hybridized carbons (Fsp3) is 0.389. The Morgan fingerprint density at radius 2 is 2.24 bits per heavy atom. The van der Waals surface area contributed by atoms with Crippen molar-refractivity contribution >= 4 is 6.09 Å². The Hall–Kier alpha value is -2.03. The first-order valence-electron chi connectivity index (χ1n) is 7.50. The molecule has 2 aliphatic rings. The molecular formula is C18H21NO2. The average molecular weight is 283 g/mol. The third kappa shape index (κ3) is 2.87. The molecule has 0 aliphatic heterocycles. The number of fused-ring (bicyclic) bond motifs is 2. The van der Waals surface area contributed by atoms with Crippen molar-refractivity contribution in [2.75, 3.05) is 0 Å². The van der Waals surface area contributed by atoms with Crippen LogP contribution in [-0.2, 0) is 11.3 Å². The second-order valence-corrected chi connectivity index (χ2v) is 6.02. The van der Waals surface area contributed by atoms with E-state index in [1.165, 1.54) is 0 Å². The number of hydrogen-bond acceptors (Lipinski definition) is 2. The number of alkyl carbamates (subject to hydrolysis) is 1. The molecule has 2 aliphatic carbocycles. The summed E-state index contributed by atoms with van der Waals surface area (Å²) in [6, 6.07) is 9.85. The minimum absolute atomic E-state index is 0.0174. The van der Waals surface area contributed by atoms with Crippen LogP contribution >= 0.6 is 0 Å². The molecule has 2 bridgehead atoms. The SMILES string of the molecule is C=CCC12C=CC(CC1OC(=O)NCc1ccccc1)C2. The van der Waals surface area contributed by atoms with E-state index in [2.05, 4.69) is 24.0 Å². The van der Waals surface area contributed by atoms with Crippen LogP contribution in [0.4, 0.5) is 4.79 Å². The Morgan fingerprint density at radius 3 is 2.95 bits per heavy atom. The van der Waals surface area contributed by atoms with Crippen LogP contribution in [0.25, 0.3) is 0 Å². The van der Waals surface area contributed by atoms with Crippen molar-refractivity contribution in [3.05, 3.63) is 60.7 Å². The van der Waals surface area contributed by atoms with E-state index in [0.717, 1.165) is 24.8 Å². The van der Waals surface area contributed by atoms with Gasteiger partial charge in [-0.3, -0.25) is 0 Å². The van der Waals surface area contributed by atoms with Crippen molar-refractivity contribution in [2.24, 2.45) is 11.3 Å². The van der Waals surface area contributed by atoms with E-state index in [9.17, 15) is 4.79 Å². The van der Waals surface area contributed by atoms with Crippen LogP contribution < -0.4 is 5.32 Å². The fourth-order valence-electron chi connectivity index (χ4n) is 3.52. The molecule has 0 spiro atoms. The minimum atomic E-state index is -0.326. The van der Waals surface area contributed by atoms with Crippen LogP contribution in [0.1, 0.15) is 24.8 Å². The Kier molecular flexibility index (Phi) is 3.82. The molecule has 21 heavy (non-hydrogen) atoms. The van der Waals surface area contributed by atoms with Gasteiger partial charge >= 0.3 is 6.09 Å². The van der Waals surface area contributed by atoms with Crippen LogP contribution in [0.2, 0.25) is 0 Å². The molecule has 3 atom stereocenters. The molecule has 3 nitrogen and oxygen atoms in total. The van der Waals surface area contributed by atoms with Gasteiger partial charge in [0.05, 0.1) is 0 Å². The lowest BCUT2D eigenvalue weighted by Crippen LogP contribution is -2.36. The maximum atomic E-state index is 12.0. The van der Waals surface area contributed by atoms with Gasteiger partial charge in [-0.2, -0.15) is 0 Å². The first-order valence-corrected chi connectivity index (χ1v) is 7.50. The highest BCUT2D eigenvalue weighted by atomic mass is 16.6. The van der Waals surface area contributed by atoms with E-state index in [1.54, 1.807) is 0 Å². The van der Waals surface area contributed by atoms with Crippen LogP contribution in [0.5, 0.6) is 0 Å². The van der Waals surface area contributed by atoms with Crippen LogP contribution in [0, 0.1) is 11.3 Å². The number of nitrogens with one attached hydrogen (secondary N) is 1. The van der Waals surface area contributed by atoms with Crippen molar-refractivity contribution in [1.29, 1.82) is 0 Å². The smallest absolute Gasteiger partial charge is 0.407 e. The molecule has 0 heterocycles. The summed E-state index contributed by atoms with van der Waals surface area (Å²) in [4.78, 5) is 12.0. The highest BCUT2D eigenvalue weighted by Crippen LogP contribution is 2.52. The lowest BCUT2D eigenvalue weighted by Gasteiger charge is -2.30. The quantitative estimate of drug-likeness (QED) is 0.834. The van der Waals surface area contributed by atoms with E-state index in [4.69, 9.17) is 4.74 Å². The molecular weight excluding hydrogens is 262 g/mol. The second kappa shape index (κ2) is 5.76. The lowest BCUT2D eigenvalue weighted by molar-refractivity contribution is 0.0474. The van der Waals surface area contributed by atoms with E-state index in [1.807, 2.05) is 36.4 Å². The first kappa shape index (κ1) is 13.9. The zero-order chi connectivity index (χ0) is 14.7. The number of rotatable bonds is 5. The summed E-state index contributed by atoms with van der Waals surface area (Å²) in [5, 5.41) is 2.83. The Bertz CT molecular complexity index is 552. The molecule has 1 aromatic rings. The second-order valence-electron chi connectivity index (χ2n) is 6.02. The molecule has 1 fully saturated rings. The number of hydrogen-bond donors (Lipinski definition) is 1. The van der Waals surface area contributed by atoms with Crippen LogP contribution in [-0.4, -0.2) is 12.2 Å². The number of amides is 1. The van der Waals surface area contributed by atoms with Gasteiger partial charge in [0.15, 0.2) is 0 Å². The van der Waals surface area contributed by atoms with Gasteiger partial charge in [-0.25, -0.2) is 4.79 Å². The molecule has 0 aromatic heterocycles. The highest BCUT2D eigenvalue weighted by Gasteiger charge is 2.49. The van der Waals surface area contributed by atoms with Crippen molar-refractivity contribution in [2.45, 2.75) is 31.9 Å². The molecule has 110 valence electrons. The molecule has 3 rings (SSSR count). The van der Waals surface area contributed by atoms with Gasteiger partial charge in [0, 0.05) is 12.0 Å². The molecule has 3 unspecified atom stereocenters. The van der Waals surface area contributed by atoms with E-state index in [0.29, 0.717) is 12.5 Å². The molecule has 1 N–H and O–H groups in total. The summed E-state index contributed by atoms with van der Waals surface area (Å²) in [7, 11) is 0. The molecule has 3 heteroatoms. The summed E-state index contributed by atoms with van der Waals surface area (Å²) in [5.74, 6) is 0.553. The largest absolute Gasteiger partial charge is 0.445 e. The Balaban J connectivity index is 1.55. The summed E-state index contributed by atoms with van der Waals surface area (Å²) in [6.45, 7) is 4.34. The van der Waals surface area contributed by atoms with Gasteiger partial charge in [0.2, 0.25) is 0 Å². The topological polar surface area (TPSA) is 38.3 Å². The van der Waals surface area contributed by atoms with Crippen LogP contribution in [0.15, 0.2) is 55.1 Å². The third-order valence-corrected chi connectivity index (χ3v) is 4.55. The normalized spacial score (nSPS) is 29.3. The van der Waals surface area contributed by atoms with Gasteiger partial charge in [0.25, 0.3) is 0 Å². The average Bonchev–Trinajstić information content (AvgIpc) is 3.04. The predicted octanol–water partition coefficient (Wildman–Crippen LogP) is 3.82. The summed E-state index contributed by atoms with van der Waals surface area (Å²) >= 11 is 0. The van der Waals surface area contributed by atoms with Crippen LogP contribution in [0.3, 0.4) is 0 Å². The number of ether oxygens (including phenoxy) is 1. The van der Waals surface area contributed by atoms with E-state index >= 15 is 0 Å². The van der Waals surface area contributed by atoms with Crippen molar-refractivity contribution in [3.8, 4) is 0 Å². The van der Waals surface area contributed by atoms with Crippen molar-refractivity contribution in [3.63, 3.8) is 0 Å². The zero-order valence-corrected chi connectivity index (χ0v) is 12.1. The number of allylic oxidation sites excluding steroid dienone is 2. The number of carbonyl (C=O) groups is 1. The molecule has 1 saturated carbocycles. The van der Waals surface area contributed by atoms with Gasteiger partial charge in [-0.05, 0) is 30.7 Å². The zero-order valence-electron chi connectivity index (χ0n) is 12.1. The highest BCUT2D eigenvalue weighted by molar-refractivity contribution is 5.67. The monoisotopic (exact) mass is 283 g/mol. The maximum Gasteiger partial charge on any atom is 0.407 e. The predicted molar refractivity (Wildman–Crippen MR) is 82.7 cm³/mol. The molecule has 0 saturated heterocycles. The van der Waals surface area contributed by atoms with Crippen molar-refractivity contribution < 1.29 is 9.53 Å². The Morgan fingerprint density at radius 1 is 1.43 bits per heavy atom. The third-order valence-electron chi connectivity index (χ3n) is 4.55. The van der Waals surface area contributed by atoms with Crippen molar-refractivity contribution in [1.82, 2.24) is 5.32 Å². The van der Waals surface area contributed by atoms with Gasteiger partial charge in [0.1, 0.15) is 6.10 Å². The van der Waals surface area contributed by atoms with E-state index in [-0.39, 0.29) is 17.6 Å². The van der Waals surface area contributed by atoms with E-state index < -0.39 is 0 Å². The van der Waals surface area contributed by atoms with Gasteiger partial charge in [-0.15, -0.1) is 6.58 Å². The summed E-state index contributed by atoms with van der Waals surface area (Å²) in [5.41, 5.74) is 1.05. The Labute approximate surface area is 125 Å². The standard InChI is InChI=1S/C18H21NO2/c1-2-9-18-10-8-15(12-18)11-16(18)21-17(20)19-13-14-6-4-3-5-7-14/h2-8,10,15-16H,1,9,11-13H2,(H,19,20). The lowest BCUT2D eigenvalue weighted by atomic mass is 9.82. The summed E-state index contributed by atoms with van der Waals surface area (Å²) < 4.78 is 5.67. The first-order chi connectivity index (χ1) is 10.2. The molecule has 1 amide bonds. The molecule has 1 aromatic carbocycles. The minimum Gasteiger partial charge on any atom is -0.445 e. The van der Waals surface area contributed by atoms with Gasteiger partial charge in [-0.1, -0.05) is 48.6 Å². The maximum absolute atomic E-state index is 12.0. The number of benzene rings is 1. The number of carbonyl (C=O) groups excluding carboxylic acids is 1. The molecule has 0 radical (unpaired) electrons. The fourth-order valence-corrected chi connectivity index (χ4v) is 3.52.